The number of amidine groups is 1. The fourth-order valence-electron chi connectivity index (χ4n) is 4.21. The van der Waals surface area contributed by atoms with Crippen LogP contribution in [0.3, 0.4) is 0 Å². The highest BCUT2D eigenvalue weighted by Gasteiger charge is 2.44. The van der Waals surface area contributed by atoms with Crippen LogP contribution >= 0.6 is 0 Å². The van der Waals surface area contributed by atoms with Crippen LogP contribution in [0.5, 0.6) is 0 Å². The minimum Gasteiger partial charge on any atom is -0.692 e. The van der Waals surface area contributed by atoms with Crippen LogP contribution in [-0.4, -0.2) is 43.2 Å². The quantitative estimate of drug-likeness (QED) is 0.455. The maximum absolute atomic E-state index is 13.6. The second-order valence-electron chi connectivity index (χ2n) is 8.20. The summed E-state index contributed by atoms with van der Waals surface area (Å²) in [6, 6.07) is 16.2. The lowest BCUT2D eigenvalue weighted by Gasteiger charge is -2.21. The van der Waals surface area contributed by atoms with E-state index in [0.717, 1.165) is 27.4 Å². The zero-order chi connectivity index (χ0) is 24.0. The van der Waals surface area contributed by atoms with Gasteiger partial charge in [-0.15, -0.1) is 0 Å². The van der Waals surface area contributed by atoms with E-state index in [-0.39, 0.29) is 25.0 Å². The highest BCUT2D eigenvalue weighted by molar-refractivity contribution is 6.33. The highest BCUT2D eigenvalue weighted by atomic mass is 19.1. The van der Waals surface area contributed by atoms with Gasteiger partial charge < -0.3 is 16.7 Å². The number of fused-ring (bicyclic) bond motifs is 1. The summed E-state index contributed by atoms with van der Waals surface area (Å²) in [4.78, 5) is 15.7. The van der Waals surface area contributed by atoms with E-state index in [0.29, 0.717) is 22.8 Å². The Morgan fingerprint density at radius 1 is 1.00 bits per heavy atom. The molecular weight excluding hydrogens is 435 g/mol. The van der Waals surface area contributed by atoms with Crippen LogP contribution in [0.2, 0.25) is 0 Å². The summed E-state index contributed by atoms with van der Waals surface area (Å²) in [5.74, 6) is -0.259. The molecule has 0 fully saturated rings. The summed E-state index contributed by atoms with van der Waals surface area (Å²) in [6.07, 6.45) is 0. The predicted molar refractivity (Wildman–Crippen MR) is 128 cm³/mol. The number of nitrogen functional groups attached to an aromatic ring is 1. The molecule has 0 radical (unpaired) electrons. The minimum atomic E-state index is -0.603. The van der Waals surface area contributed by atoms with Gasteiger partial charge in [0, 0.05) is 17.0 Å². The lowest BCUT2D eigenvalue weighted by molar-refractivity contribution is -0.630. The first kappa shape index (κ1) is 21.4. The van der Waals surface area contributed by atoms with Crippen molar-refractivity contribution in [3.05, 3.63) is 93.8 Å². The van der Waals surface area contributed by atoms with Gasteiger partial charge in [0.2, 0.25) is 0 Å². The van der Waals surface area contributed by atoms with E-state index >= 15 is 0 Å². The molecule has 4 heterocycles. The Balaban J connectivity index is 1.68. The van der Waals surface area contributed by atoms with Crippen LogP contribution in [0.15, 0.2) is 59.6 Å². The monoisotopic (exact) mass is 458 g/mol. The molecule has 0 spiro atoms. The normalized spacial score (nSPS) is 15.7. The lowest BCUT2D eigenvalue weighted by Crippen LogP contribution is -2.44. The van der Waals surface area contributed by atoms with E-state index in [1.165, 1.54) is 17.1 Å². The van der Waals surface area contributed by atoms with Gasteiger partial charge in [0.25, 0.3) is 5.96 Å². The van der Waals surface area contributed by atoms with Crippen molar-refractivity contribution < 1.29 is 9.24 Å². The number of nitrogens with zero attached hydrogens (tertiary/aromatic N) is 6. The fraction of sp³-hybridized carbons (Fsp3) is 0.167. The molecule has 0 amide bonds. The highest BCUT2D eigenvalue weighted by Crippen LogP contribution is 2.35. The summed E-state index contributed by atoms with van der Waals surface area (Å²) in [5, 5.41) is 15.1. The maximum Gasteiger partial charge on any atom is 0.318 e. The van der Waals surface area contributed by atoms with Crippen LogP contribution in [0.4, 0.5) is 10.2 Å². The Morgan fingerprint density at radius 3 is 2.38 bits per heavy atom. The number of anilines is 1. The molecule has 5 rings (SSSR count). The first-order chi connectivity index (χ1) is 16.3. The average molecular weight is 459 g/mol. The molecule has 0 saturated carbocycles. The van der Waals surface area contributed by atoms with Crippen molar-refractivity contribution in [3.63, 3.8) is 0 Å². The van der Waals surface area contributed by atoms with Crippen LogP contribution < -0.4 is 11.5 Å². The third kappa shape index (κ3) is 3.68. The van der Waals surface area contributed by atoms with E-state index in [2.05, 4.69) is 9.97 Å². The minimum absolute atomic E-state index is 0.115. The van der Waals surface area contributed by atoms with Crippen molar-refractivity contribution in [1.82, 2.24) is 19.9 Å². The second-order valence-corrected chi connectivity index (χ2v) is 8.20. The number of aryl methyl sites for hydroxylation is 2. The predicted octanol–water partition coefficient (Wildman–Crippen LogP) is 2.61. The number of rotatable bonds is 4. The van der Waals surface area contributed by atoms with Gasteiger partial charge in [-0.3, -0.25) is 4.98 Å². The zero-order valence-electron chi connectivity index (χ0n) is 18.7. The number of guanidine groups is 1. The number of hydrazone groups is 1. The number of hydrogen-bond acceptors (Lipinski definition) is 8. The average Bonchev–Trinajstić information content (AvgIpc) is 3.13. The van der Waals surface area contributed by atoms with Crippen LogP contribution in [-0.2, 0) is 6.54 Å². The number of nitrogens with two attached hydrogens (primary N) is 2. The Hall–Kier alpha value is -4.47. The third-order valence-corrected chi connectivity index (χ3v) is 5.65. The van der Waals surface area contributed by atoms with Crippen LogP contribution in [0.1, 0.15) is 28.2 Å². The molecule has 0 atom stereocenters. The Morgan fingerprint density at radius 2 is 1.71 bits per heavy atom. The summed E-state index contributed by atoms with van der Waals surface area (Å²) >= 11 is 0. The molecule has 34 heavy (non-hydrogen) atoms. The Bertz CT molecular complexity index is 1360. The summed E-state index contributed by atoms with van der Waals surface area (Å²) in [7, 11) is 0. The molecule has 3 aromatic rings. The van der Waals surface area contributed by atoms with Crippen molar-refractivity contribution in [3.8, 4) is 0 Å². The largest absolute Gasteiger partial charge is 0.692 e. The maximum atomic E-state index is 13.6. The van der Waals surface area contributed by atoms with Crippen molar-refractivity contribution in [2.45, 2.75) is 20.4 Å². The molecule has 2 aliphatic rings. The van der Waals surface area contributed by atoms with E-state index in [1.54, 1.807) is 4.90 Å². The SMILES string of the molecule is Cc1cc(C2=C(c3ccccc3)N=C(N)N3CN(Cc4ccc(F)c(N)n4)[N+]([O-])=C23)cc(C)n1. The molecule has 1 aromatic carbocycles. The molecule has 172 valence electrons. The number of aliphatic imine (C=N–C) groups is 1. The molecular formula is C24H23FN8O. The Labute approximate surface area is 195 Å². The van der Waals surface area contributed by atoms with Crippen molar-refractivity contribution in [2.75, 3.05) is 12.4 Å². The molecule has 2 aromatic heterocycles. The number of hydrogen-bond donors (Lipinski definition) is 2. The molecule has 9 nitrogen and oxygen atoms in total. The number of hydrazine groups is 1. The number of halogens is 1. The fourth-order valence-corrected chi connectivity index (χ4v) is 4.21. The van der Waals surface area contributed by atoms with Gasteiger partial charge in [0.15, 0.2) is 18.3 Å². The van der Waals surface area contributed by atoms with Gasteiger partial charge >= 0.3 is 5.84 Å². The van der Waals surface area contributed by atoms with E-state index in [9.17, 15) is 9.60 Å². The van der Waals surface area contributed by atoms with Gasteiger partial charge in [0.1, 0.15) is 12.1 Å². The number of pyridine rings is 2. The van der Waals surface area contributed by atoms with Crippen molar-refractivity contribution >= 4 is 28.9 Å². The van der Waals surface area contributed by atoms with Gasteiger partial charge in [-0.1, -0.05) is 30.3 Å². The van der Waals surface area contributed by atoms with E-state index in [1.807, 2.05) is 56.3 Å². The van der Waals surface area contributed by atoms with Gasteiger partial charge in [0.05, 0.1) is 11.4 Å². The lowest BCUT2D eigenvalue weighted by atomic mass is 9.96. The summed E-state index contributed by atoms with van der Waals surface area (Å²) < 4.78 is 13.6. The van der Waals surface area contributed by atoms with E-state index < -0.39 is 5.82 Å². The number of benzene rings is 1. The van der Waals surface area contributed by atoms with Gasteiger partial charge in [-0.2, -0.15) is 19.7 Å². The third-order valence-electron chi connectivity index (χ3n) is 5.65. The van der Waals surface area contributed by atoms with Crippen molar-refractivity contribution in [1.29, 1.82) is 0 Å². The molecule has 10 heteroatoms. The number of aromatic nitrogens is 2. The molecule has 0 aliphatic carbocycles. The zero-order valence-corrected chi connectivity index (χ0v) is 18.7. The summed E-state index contributed by atoms with van der Waals surface area (Å²) in [5.41, 5.74) is 17.0. The van der Waals surface area contributed by atoms with Gasteiger partial charge in [-0.25, -0.2) is 9.37 Å². The van der Waals surface area contributed by atoms with Crippen LogP contribution in [0, 0.1) is 24.9 Å². The Kier molecular flexibility index (Phi) is 5.12. The summed E-state index contributed by atoms with van der Waals surface area (Å²) in [6.45, 7) is 4.08. The van der Waals surface area contributed by atoms with Crippen LogP contribution in [0.25, 0.3) is 11.3 Å². The standard InChI is InChI=1S/C24H23FN8O/c1-14-10-17(11-15(2)28-14)20-21(16-6-4-3-5-7-16)30-24(27)32-13-31(33(34)23(20)32)12-18-8-9-19(25)22(26)29-18/h3-11H,12-13H2,1-2H3,(H2,26,29)(H2,27,30). The topological polar surface area (TPSA) is 123 Å². The molecule has 0 saturated heterocycles. The smallest absolute Gasteiger partial charge is 0.318 e. The first-order valence-corrected chi connectivity index (χ1v) is 10.7. The molecule has 4 N–H and O–H groups in total. The van der Waals surface area contributed by atoms with E-state index in [4.69, 9.17) is 16.5 Å². The van der Waals surface area contributed by atoms with Gasteiger partial charge in [-0.05, 0) is 43.7 Å². The molecule has 0 unspecified atom stereocenters. The molecule has 2 aliphatic heterocycles. The second kappa shape index (κ2) is 8.14. The first-order valence-electron chi connectivity index (χ1n) is 10.7. The van der Waals surface area contributed by atoms with Crippen molar-refractivity contribution in [2.24, 2.45) is 10.7 Å². The molecule has 0 bridgehead atoms.